The lowest BCUT2D eigenvalue weighted by molar-refractivity contribution is -0.114. The highest BCUT2D eigenvalue weighted by atomic mass is 16.6. The lowest BCUT2D eigenvalue weighted by Crippen LogP contribution is -2.13. The predicted molar refractivity (Wildman–Crippen MR) is 158 cm³/mol. The summed E-state index contributed by atoms with van der Waals surface area (Å²) in [6.45, 7) is 7.96. The zero-order chi connectivity index (χ0) is 27.4. The molecule has 0 aromatic heterocycles. The molecule has 1 amide bonds. The Hall–Kier alpha value is -1.63. The average molecular weight is 536 g/mol. The van der Waals surface area contributed by atoms with E-state index < -0.39 is 0 Å². The molecule has 0 saturated carbocycles. The van der Waals surface area contributed by atoms with Gasteiger partial charge in [0.15, 0.2) is 0 Å². The van der Waals surface area contributed by atoms with E-state index in [1.807, 2.05) is 24.3 Å². The molecule has 0 aliphatic heterocycles. The molecule has 1 rings (SSSR count). The summed E-state index contributed by atoms with van der Waals surface area (Å²) in [5.41, 5.74) is 0.757. The fourth-order valence-electron chi connectivity index (χ4n) is 4.35. The predicted octanol–water partition coefficient (Wildman–Crippen LogP) is 8.34. The SMILES string of the molecule is CCCCCCCCCCCCCCCCCCOCCOCCOCCOc1ccc(NC(C)=O)cc1. The van der Waals surface area contributed by atoms with Crippen molar-refractivity contribution in [2.75, 3.05) is 51.6 Å². The van der Waals surface area contributed by atoms with E-state index in [0.717, 1.165) is 24.5 Å². The van der Waals surface area contributed by atoms with Gasteiger partial charge >= 0.3 is 0 Å². The smallest absolute Gasteiger partial charge is 0.221 e. The molecule has 6 heteroatoms. The number of carbonyl (C=O) groups excluding carboxylic acids is 1. The number of benzene rings is 1. The molecule has 0 atom stereocenters. The van der Waals surface area contributed by atoms with Crippen LogP contribution in [0.1, 0.15) is 117 Å². The van der Waals surface area contributed by atoms with Gasteiger partial charge in [-0.15, -0.1) is 0 Å². The highest BCUT2D eigenvalue weighted by Gasteiger charge is 1.98. The summed E-state index contributed by atoms with van der Waals surface area (Å²) in [5, 5.41) is 2.73. The van der Waals surface area contributed by atoms with Crippen molar-refractivity contribution in [2.24, 2.45) is 0 Å². The van der Waals surface area contributed by atoms with Gasteiger partial charge in [0.05, 0.1) is 33.0 Å². The van der Waals surface area contributed by atoms with Crippen molar-refractivity contribution >= 4 is 11.6 Å². The molecule has 0 saturated heterocycles. The maximum atomic E-state index is 11.0. The molecule has 220 valence electrons. The minimum atomic E-state index is -0.0868. The molecular weight excluding hydrogens is 478 g/mol. The molecule has 0 bridgehead atoms. The average Bonchev–Trinajstić information content (AvgIpc) is 2.91. The number of unbranched alkanes of at least 4 members (excludes halogenated alkanes) is 15. The van der Waals surface area contributed by atoms with Gasteiger partial charge in [0, 0.05) is 19.2 Å². The largest absolute Gasteiger partial charge is 0.491 e. The fourth-order valence-corrected chi connectivity index (χ4v) is 4.35. The standard InChI is InChI=1S/C32H57NO5/c1-3-4-5-6-7-8-9-10-11-12-13-14-15-16-17-18-23-35-24-25-36-26-27-37-28-29-38-32-21-19-31(20-22-32)33-30(2)34/h19-22H,3-18,23-29H2,1-2H3,(H,33,34). The van der Waals surface area contributed by atoms with Crippen LogP contribution in [0.3, 0.4) is 0 Å². The quantitative estimate of drug-likeness (QED) is 0.109. The van der Waals surface area contributed by atoms with Gasteiger partial charge in [-0.25, -0.2) is 0 Å². The number of rotatable bonds is 28. The van der Waals surface area contributed by atoms with Gasteiger partial charge in [-0.2, -0.15) is 0 Å². The number of hydrogen-bond acceptors (Lipinski definition) is 5. The van der Waals surface area contributed by atoms with E-state index in [2.05, 4.69) is 12.2 Å². The van der Waals surface area contributed by atoms with Crippen LogP contribution in [0.2, 0.25) is 0 Å². The van der Waals surface area contributed by atoms with E-state index >= 15 is 0 Å². The van der Waals surface area contributed by atoms with E-state index in [0.29, 0.717) is 39.6 Å². The van der Waals surface area contributed by atoms with E-state index in [9.17, 15) is 4.79 Å². The lowest BCUT2D eigenvalue weighted by Gasteiger charge is -2.09. The topological polar surface area (TPSA) is 66.0 Å². The number of anilines is 1. The molecule has 1 N–H and O–H groups in total. The van der Waals surface area contributed by atoms with Gasteiger partial charge in [0.2, 0.25) is 5.91 Å². The highest BCUT2D eigenvalue weighted by molar-refractivity contribution is 5.88. The Morgan fingerprint density at radius 2 is 0.947 bits per heavy atom. The highest BCUT2D eigenvalue weighted by Crippen LogP contribution is 2.16. The van der Waals surface area contributed by atoms with Crippen molar-refractivity contribution in [1.29, 1.82) is 0 Å². The number of carbonyl (C=O) groups is 1. The van der Waals surface area contributed by atoms with Crippen molar-refractivity contribution in [3.63, 3.8) is 0 Å². The summed E-state index contributed by atoms with van der Waals surface area (Å²) in [7, 11) is 0. The second-order valence-electron chi connectivity index (χ2n) is 10.2. The maximum Gasteiger partial charge on any atom is 0.221 e. The second-order valence-corrected chi connectivity index (χ2v) is 10.2. The van der Waals surface area contributed by atoms with E-state index in [1.165, 1.54) is 103 Å². The Kier molecular flexibility index (Phi) is 24.4. The molecule has 0 radical (unpaired) electrons. The summed E-state index contributed by atoms with van der Waals surface area (Å²) in [6.07, 6.45) is 22.2. The maximum absolute atomic E-state index is 11.0. The van der Waals surface area contributed by atoms with E-state index in [1.54, 1.807) is 0 Å². The first-order chi connectivity index (χ1) is 18.7. The van der Waals surface area contributed by atoms with Crippen LogP contribution in [-0.4, -0.2) is 52.2 Å². The Labute approximate surface area is 233 Å². The molecule has 0 heterocycles. The third-order valence-electron chi connectivity index (χ3n) is 6.56. The molecule has 0 aliphatic rings. The van der Waals surface area contributed by atoms with Crippen molar-refractivity contribution in [3.8, 4) is 5.75 Å². The van der Waals surface area contributed by atoms with Crippen LogP contribution in [0.4, 0.5) is 5.69 Å². The Balaban J connectivity index is 1.70. The summed E-state index contributed by atoms with van der Waals surface area (Å²) in [6, 6.07) is 7.28. The van der Waals surface area contributed by atoms with Gasteiger partial charge in [-0.1, -0.05) is 103 Å². The number of nitrogens with one attached hydrogen (secondary N) is 1. The molecule has 6 nitrogen and oxygen atoms in total. The summed E-state index contributed by atoms with van der Waals surface area (Å²) in [4.78, 5) is 11.0. The second kappa shape index (κ2) is 27.0. The van der Waals surface area contributed by atoms with Crippen LogP contribution in [0.5, 0.6) is 5.75 Å². The molecule has 38 heavy (non-hydrogen) atoms. The zero-order valence-electron chi connectivity index (χ0n) is 24.6. The van der Waals surface area contributed by atoms with Crippen LogP contribution >= 0.6 is 0 Å². The fraction of sp³-hybridized carbons (Fsp3) is 0.781. The van der Waals surface area contributed by atoms with Gasteiger partial charge in [-0.05, 0) is 30.7 Å². The number of ether oxygens (including phenoxy) is 4. The third-order valence-corrected chi connectivity index (χ3v) is 6.56. The summed E-state index contributed by atoms with van der Waals surface area (Å²) < 4.78 is 22.4. The number of hydrogen-bond donors (Lipinski definition) is 1. The Bertz CT molecular complexity index is 637. The van der Waals surface area contributed by atoms with Gasteiger partial charge in [0.1, 0.15) is 12.4 Å². The summed E-state index contributed by atoms with van der Waals surface area (Å²) >= 11 is 0. The van der Waals surface area contributed by atoms with Crippen molar-refractivity contribution in [1.82, 2.24) is 0 Å². The van der Waals surface area contributed by atoms with Gasteiger partial charge < -0.3 is 24.3 Å². The molecule has 1 aromatic carbocycles. The monoisotopic (exact) mass is 535 g/mol. The van der Waals surface area contributed by atoms with E-state index in [4.69, 9.17) is 18.9 Å². The van der Waals surface area contributed by atoms with Crippen LogP contribution in [-0.2, 0) is 19.0 Å². The summed E-state index contributed by atoms with van der Waals surface area (Å²) in [5.74, 6) is 0.664. The normalized spacial score (nSPS) is 11.1. The molecule has 0 aliphatic carbocycles. The lowest BCUT2D eigenvalue weighted by atomic mass is 10.0. The van der Waals surface area contributed by atoms with Crippen LogP contribution < -0.4 is 10.1 Å². The minimum absolute atomic E-state index is 0.0868. The van der Waals surface area contributed by atoms with Crippen molar-refractivity contribution in [3.05, 3.63) is 24.3 Å². The molecule has 0 unspecified atom stereocenters. The van der Waals surface area contributed by atoms with Gasteiger partial charge in [0.25, 0.3) is 0 Å². The first-order valence-electron chi connectivity index (χ1n) is 15.5. The molecule has 0 spiro atoms. The van der Waals surface area contributed by atoms with Gasteiger partial charge in [-0.3, -0.25) is 4.79 Å². The first-order valence-corrected chi connectivity index (χ1v) is 15.5. The Morgan fingerprint density at radius 1 is 0.553 bits per heavy atom. The number of amides is 1. The van der Waals surface area contributed by atoms with Crippen LogP contribution in [0, 0.1) is 0 Å². The van der Waals surface area contributed by atoms with Crippen molar-refractivity contribution in [2.45, 2.75) is 117 Å². The third kappa shape index (κ3) is 23.5. The molecular formula is C32H57NO5. The first kappa shape index (κ1) is 34.4. The Morgan fingerprint density at radius 3 is 1.39 bits per heavy atom. The van der Waals surface area contributed by atoms with Crippen molar-refractivity contribution < 1.29 is 23.7 Å². The van der Waals surface area contributed by atoms with E-state index in [-0.39, 0.29) is 5.91 Å². The van der Waals surface area contributed by atoms with Crippen LogP contribution in [0.15, 0.2) is 24.3 Å². The van der Waals surface area contributed by atoms with Crippen LogP contribution in [0.25, 0.3) is 0 Å². The molecule has 0 fully saturated rings. The zero-order valence-corrected chi connectivity index (χ0v) is 24.6. The molecule has 1 aromatic rings. The minimum Gasteiger partial charge on any atom is -0.491 e.